The fourth-order valence-electron chi connectivity index (χ4n) is 3.76. The Labute approximate surface area is 158 Å². The Morgan fingerprint density at radius 2 is 1.62 bits per heavy atom. The maximum Gasteiger partial charge on any atom is 0.243 e. The van der Waals surface area contributed by atoms with Crippen molar-refractivity contribution in [2.75, 3.05) is 39.4 Å². The van der Waals surface area contributed by atoms with Crippen molar-refractivity contribution in [2.24, 2.45) is 11.3 Å². The lowest BCUT2D eigenvalue weighted by Gasteiger charge is -2.42. The minimum absolute atomic E-state index is 0.383. The summed E-state index contributed by atoms with van der Waals surface area (Å²) in [5, 5.41) is 0. The summed E-state index contributed by atoms with van der Waals surface area (Å²) in [6.45, 7) is 12.0. The van der Waals surface area contributed by atoms with Gasteiger partial charge < -0.3 is 4.74 Å². The van der Waals surface area contributed by atoms with Crippen LogP contribution in [0.25, 0.3) is 0 Å². The molecule has 0 saturated carbocycles. The summed E-state index contributed by atoms with van der Waals surface area (Å²) in [6.07, 6.45) is 2.46. The Kier molecular flexibility index (Phi) is 6.07. The molecule has 2 saturated heterocycles. The molecule has 0 unspecified atom stereocenters. The number of rotatable bonds is 5. The molecule has 0 aliphatic carbocycles. The third-order valence-corrected chi connectivity index (χ3v) is 8.24. The largest absolute Gasteiger partial charge is 0.379 e. The standard InChI is InChI=1S/C20H32N2O3S/c1-17(2)20(3)8-10-21(11-9-20)16-18-4-6-19(7-5-18)26(23,24)22-12-14-25-15-13-22/h4-7,17H,8-16H2,1-3H3. The van der Waals surface area contributed by atoms with E-state index in [1.807, 2.05) is 12.1 Å². The fraction of sp³-hybridized carbons (Fsp3) is 0.700. The molecule has 0 N–H and O–H groups in total. The predicted molar refractivity (Wildman–Crippen MR) is 103 cm³/mol. The molecule has 0 amide bonds. The zero-order chi connectivity index (χ0) is 18.8. The highest BCUT2D eigenvalue weighted by Gasteiger charge is 2.32. The van der Waals surface area contributed by atoms with E-state index in [9.17, 15) is 8.42 Å². The predicted octanol–water partition coefficient (Wildman–Crippen LogP) is 2.97. The van der Waals surface area contributed by atoms with Gasteiger partial charge in [0.05, 0.1) is 18.1 Å². The molecule has 0 atom stereocenters. The number of morpholine rings is 1. The number of hydrogen-bond acceptors (Lipinski definition) is 4. The number of ether oxygens (including phenoxy) is 1. The van der Waals surface area contributed by atoms with E-state index < -0.39 is 10.0 Å². The van der Waals surface area contributed by atoms with Crippen molar-refractivity contribution in [1.29, 1.82) is 0 Å². The zero-order valence-electron chi connectivity index (χ0n) is 16.3. The smallest absolute Gasteiger partial charge is 0.243 e. The Balaban J connectivity index is 1.60. The minimum atomic E-state index is -3.40. The summed E-state index contributed by atoms with van der Waals surface area (Å²) in [6, 6.07) is 7.43. The van der Waals surface area contributed by atoms with Crippen LogP contribution in [0.15, 0.2) is 29.2 Å². The highest BCUT2D eigenvalue weighted by Crippen LogP contribution is 2.38. The fourth-order valence-corrected chi connectivity index (χ4v) is 5.17. The molecule has 0 aromatic heterocycles. The van der Waals surface area contributed by atoms with E-state index in [0.717, 1.165) is 19.6 Å². The van der Waals surface area contributed by atoms with Crippen LogP contribution in [0.3, 0.4) is 0 Å². The van der Waals surface area contributed by atoms with Gasteiger partial charge in [0, 0.05) is 19.6 Å². The normalized spacial score (nSPS) is 22.6. The molecule has 5 nitrogen and oxygen atoms in total. The summed E-state index contributed by atoms with van der Waals surface area (Å²) >= 11 is 0. The number of sulfonamides is 1. The molecule has 1 aromatic carbocycles. The van der Waals surface area contributed by atoms with Gasteiger partial charge in [-0.3, -0.25) is 4.90 Å². The van der Waals surface area contributed by atoms with Crippen LogP contribution in [-0.2, 0) is 21.3 Å². The number of nitrogens with zero attached hydrogens (tertiary/aromatic N) is 2. The Bertz CT molecular complexity index is 686. The SMILES string of the molecule is CC(C)C1(C)CCN(Cc2ccc(S(=O)(=O)N3CCOCC3)cc2)CC1. The summed E-state index contributed by atoms with van der Waals surface area (Å²) in [7, 11) is -3.40. The number of likely N-dealkylation sites (tertiary alicyclic amines) is 1. The molecule has 2 aliphatic heterocycles. The first kappa shape index (κ1) is 19.8. The van der Waals surface area contributed by atoms with Gasteiger partial charge in [0.15, 0.2) is 0 Å². The van der Waals surface area contributed by atoms with E-state index in [4.69, 9.17) is 4.74 Å². The van der Waals surface area contributed by atoms with Crippen LogP contribution >= 0.6 is 0 Å². The van der Waals surface area contributed by atoms with Crippen LogP contribution in [0.4, 0.5) is 0 Å². The average molecular weight is 381 g/mol. The van der Waals surface area contributed by atoms with Crippen LogP contribution in [0.5, 0.6) is 0 Å². The summed E-state index contributed by atoms with van der Waals surface area (Å²) in [5.41, 5.74) is 1.63. The first-order valence-corrected chi connectivity index (χ1v) is 11.1. The molecular weight excluding hydrogens is 348 g/mol. The quantitative estimate of drug-likeness (QED) is 0.788. The molecule has 1 aromatic rings. The lowest BCUT2D eigenvalue weighted by atomic mass is 9.72. The number of hydrogen-bond donors (Lipinski definition) is 0. The third-order valence-electron chi connectivity index (χ3n) is 6.33. The molecule has 2 aliphatic rings. The van der Waals surface area contributed by atoms with Gasteiger partial charge in [-0.2, -0.15) is 4.31 Å². The Hall–Kier alpha value is -0.950. The average Bonchev–Trinajstić information content (AvgIpc) is 2.65. The lowest BCUT2D eigenvalue weighted by Crippen LogP contribution is -2.41. The number of piperidine rings is 1. The molecule has 146 valence electrons. The monoisotopic (exact) mass is 380 g/mol. The van der Waals surface area contributed by atoms with Crippen LogP contribution in [-0.4, -0.2) is 57.0 Å². The Morgan fingerprint density at radius 3 is 2.15 bits per heavy atom. The maximum atomic E-state index is 12.7. The molecule has 6 heteroatoms. The van der Waals surface area contributed by atoms with E-state index in [-0.39, 0.29) is 0 Å². The van der Waals surface area contributed by atoms with E-state index >= 15 is 0 Å². The second-order valence-electron chi connectivity index (χ2n) is 8.25. The van der Waals surface area contributed by atoms with Crippen molar-refractivity contribution in [3.05, 3.63) is 29.8 Å². The van der Waals surface area contributed by atoms with Gasteiger partial charge in [0.1, 0.15) is 0 Å². The minimum Gasteiger partial charge on any atom is -0.379 e. The topological polar surface area (TPSA) is 49.9 Å². The van der Waals surface area contributed by atoms with Crippen LogP contribution in [0.2, 0.25) is 0 Å². The van der Waals surface area contributed by atoms with Gasteiger partial charge in [-0.15, -0.1) is 0 Å². The van der Waals surface area contributed by atoms with Crippen LogP contribution in [0.1, 0.15) is 39.2 Å². The number of benzene rings is 1. The van der Waals surface area contributed by atoms with Crippen molar-refractivity contribution >= 4 is 10.0 Å². The van der Waals surface area contributed by atoms with E-state index in [2.05, 4.69) is 25.7 Å². The van der Waals surface area contributed by atoms with E-state index in [0.29, 0.717) is 42.5 Å². The molecule has 0 bridgehead atoms. The van der Waals surface area contributed by atoms with Gasteiger partial charge in [0.25, 0.3) is 0 Å². The first-order chi connectivity index (χ1) is 12.3. The highest BCUT2D eigenvalue weighted by molar-refractivity contribution is 7.89. The summed E-state index contributed by atoms with van der Waals surface area (Å²) < 4.78 is 32.1. The highest BCUT2D eigenvalue weighted by atomic mass is 32.2. The molecule has 2 fully saturated rings. The lowest BCUT2D eigenvalue weighted by molar-refractivity contribution is 0.0730. The second kappa shape index (κ2) is 7.97. The van der Waals surface area contributed by atoms with Gasteiger partial charge >= 0.3 is 0 Å². The third kappa shape index (κ3) is 4.30. The van der Waals surface area contributed by atoms with Crippen LogP contribution in [0, 0.1) is 11.3 Å². The maximum absolute atomic E-state index is 12.7. The van der Waals surface area contributed by atoms with Crippen molar-refractivity contribution in [2.45, 2.75) is 45.1 Å². The van der Waals surface area contributed by atoms with Crippen molar-refractivity contribution in [3.8, 4) is 0 Å². The molecular formula is C20H32N2O3S. The van der Waals surface area contributed by atoms with E-state index in [1.54, 1.807) is 12.1 Å². The molecule has 26 heavy (non-hydrogen) atoms. The van der Waals surface area contributed by atoms with Crippen molar-refractivity contribution in [3.63, 3.8) is 0 Å². The Morgan fingerprint density at radius 1 is 1.04 bits per heavy atom. The summed E-state index contributed by atoms with van der Waals surface area (Å²) in [4.78, 5) is 2.87. The first-order valence-electron chi connectivity index (χ1n) is 9.70. The van der Waals surface area contributed by atoms with Crippen molar-refractivity contribution < 1.29 is 13.2 Å². The van der Waals surface area contributed by atoms with Gasteiger partial charge in [-0.25, -0.2) is 8.42 Å². The zero-order valence-corrected chi connectivity index (χ0v) is 17.1. The second-order valence-corrected chi connectivity index (χ2v) is 10.2. The van der Waals surface area contributed by atoms with Crippen LogP contribution < -0.4 is 0 Å². The van der Waals surface area contributed by atoms with E-state index in [1.165, 1.54) is 22.7 Å². The van der Waals surface area contributed by atoms with Gasteiger partial charge in [-0.05, 0) is 55.0 Å². The molecule has 0 radical (unpaired) electrons. The van der Waals surface area contributed by atoms with Crippen molar-refractivity contribution in [1.82, 2.24) is 9.21 Å². The van der Waals surface area contributed by atoms with Gasteiger partial charge in [-0.1, -0.05) is 32.9 Å². The molecule has 2 heterocycles. The van der Waals surface area contributed by atoms with Gasteiger partial charge in [0.2, 0.25) is 10.0 Å². The molecule has 3 rings (SSSR count). The molecule has 0 spiro atoms. The summed E-state index contributed by atoms with van der Waals surface area (Å²) in [5.74, 6) is 0.717.